The number of esters is 1. The second kappa shape index (κ2) is 4.06. The van der Waals surface area contributed by atoms with Gasteiger partial charge in [0.05, 0.1) is 11.9 Å². The molecule has 0 aromatic heterocycles. The maximum absolute atomic E-state index is 11.4. The van der Waals surface area contributed by atoms with Gasteiger partial charge >= 0.3 is 5.97 Å². The lowest BCUT2D eigenvalue weighted by molar-refractivity contribution is -0.139. The predicted octanol–water partition coefficient (Wildman–Crippen LogP) is -1.06. The van der Waals surface area contributed by atoms with Crippen LogP contribution in [-0.2, 0) is 19.4 Å². The zero-order chi connectivity index (χ0) is 9.90. The molecule has 0 bridgehead atoms. The van der Waals surface area contributed by atoms with Gasteiger partial charge in [-0.15, -0.1) is 0 Å². The van der Waals surface area contributed by atoms with Crippen molar-refractivity contribution in [2.45, 2.75) is 12.2 Å². The molecule has 0 spiro atoms. The molecule has 1 aliphatic heterocycles. The van der Waals surface area contributed by atoms with Crippen LogP contribution in [0.5, 0.6) is 0 Å². The van der Waals surface area contributed by atoms with Gasteiger partial charge in [0.15, 0.2) is 9.84 Å². The molecule has 0 aliphatic carbocycles. The zero-order valence-corrected chi connectivity index (χ0v) is 8.26. The van der Waals surface area contributed by atoms with Crippen LogP contribution < -0.4 is 5.32 Å². The molecule has 1 aliphatic rings. The molecule has 0 aromatic carbocycles. The van der Waals surface area contributed by atoms with Crippen molar-refractivity contribution in [3.63, 3.8) is 0 Å². The van der Waals surface area contributed by atoms with E-state index < -0.39 is 26.8 Å². The predicted molar refractivity (Wildman–Crippen MR) is 47.1 cm³/mol. The Kier molecular flexibility index (Phi) is 3.27. The molecule has 1 rings (SSSR count). The molecule has 0 atom stereocenters. The number of sulfone groups is 1. The Morgan fingerprint density at radius 1 is 1.54 bits per heavy atom. The summed E-state index contributed by atoms with van der Waals surface area (Å²) in [5, 5.41) is 2.44. The van der Waals surface area contributed by atoms with Gasteiger partial charge in [-0.05, 0) is 6.92 Å². The topological polar surface area (TPSA) is 72.5 Å². The lowest BCUT2D eigenvalue weighted by Gasteiger charge is -2.26. The lowest BCUT2D eigenvalue weighted by atomic mass is 10.3. The molecular formula is C7H13NO4S. The number of rotatable bonds is 4. The van der Waals surface area contributed by atoms with E-state index in [0.29, 0.717) is 13.1 Å². The average molecular weight is 207 g/mol. The average Bonchev–Trinajstić information content (AvgIpc) is 1.79. The Bertz CT molecular complexity index is 281. The molecule has 1 heterocycles. The number of hydrogen-bond acceptors (Lipinski definition) is 5. The minimum atomic E-state index is -3.28. The summed E-state index contributed by atoms with van der Waals surface area (Å²) in [6.45, 7) is 2.76. The number of ether oxygens (including phenoxy) is 1. The van der Waals surface area contributed by atoms with Gasteiger partial charge in [-0.25, -0.2) is 8.42 Å². The first-order chi connectivity index (χ1) is 6.06. The molecular weight excluding hydrogens is 194 g/mol. The summed E-state index contributed by atoms with van der Waals surface area (Å²) < 4.78 is 27.3. The van der Waals surface area contributed by atoms with Crippen LogP contribution in [0.3, 0.4) is 0 Å². The molecule has 5 nitrogen and oxygen atoms in total. The van der Waals surface area contributed by atoms with E-state index in [-0.39, 0.29) is 6.61 Å². The molecule has 6 heteroatoms. The first-order valence-electron chi connectivity index (χ1n) is 4.14. The zero-order valence-electron chi connectivity index (χ0n) is 7.45. The fourth-order valence-electron chi connectivity index (χ4n) is 1.00. The summed E-state index contributed by atoms with van der Waals surface area (Å²) in [6, 6.07) is 0. The SMILES string of the molecule is CCOC(=O)CS(=O)(=O)C1CNC1. The van der Waals surface area contributed by atoms with Crippen LogP contribution in [0, 0.1) is 0 Å². The summed E-state index contributed by atoms with van der Waals surface area (Å²) in [7, 11) is -3.28. The van der Waals surface area contributed by atoms with E-state index in [4.69, 9.17) is 0 Å². The Balaban J connectivity index is 2.46. The second-order valence-electron chi connectivity index (χ2n) is 2.89. The van der Waals surface area contributed by atoms with Crippen molar-refractivity contribution in [3.8, 4) is 0 Å². The van der Waals surface area contributed by atoms with E-state index in [2.05, 4.69) is 10.1 Å². The highest BCUT2D eigenvalue weighted by Gasteiger charge is 2.33. The van der Waals surface area contributed by atoms with Gasteiger partial charge in [-0.1, -0.05) is 0 Å². The minimum absolute atomic E-state index is 0.220. The third-order valence-corrected chi connectivity index (χ3v) is 3.86. The first kappa shape index (κ1) is 10.5. The van der Waals surface area contributed by atoms with Crippen LogP contribution >= 0.6 is 0 Å². The van der Waals surface area contributed by atoms with Gasteiger partial charge in [0.2, 0.25) is 0 Å². The van der Waals surface area contributed by atoms with E-state index in [1.54, 1.807) is 6.92 Å². The number of carbonyl (C=O) groups excluding carboxylic acids is 1. The fraction of sp³-hybridized carbons (Fsp3) is 0.857. The Hall–Kier alpha value is -0.620. The van der Waals surface area contributed by atoms with Gasteiger partial charge in [0, 0.05) is 13.1 Å². The molecule has 1 saturated heterocycles. The van der Waals surface area contributed by atoms with Gasteiger partial charge < -0.3 is 10.1 Å². The number of hydrogen-bond donors (Lipinski definition) is 1. The maximum Gasteiger partial charge on any atom is 0.321 e. The molecule has 13 heavy (non-hydrogen) atoms. The fourth-order valence-corrected chi connectivity index (χ4v) is 2.39. The van der Waals surface area contributed by atoms with Crippen molar-refractivity contribution in [2.75, 3.05) is 25.4 Å². The summed E-state index contributed by atoms with van der Waals surface area (Å²) in [5.74, 6) is -1.15. The Morgan fingerprint density at radius 2 is 2.15 bits per heavy atom. The van der Waals surface area contributed by atoms with Crippen LogP contribution in [0.15, 0.2) is 0 Å². The van der Waals surface area contributed by atoms with E-state index in [1.807, 2.05) is 0 Å². The quantitative estimate of drug-likeness (QED) is 0.595. The van der Waals surface area contributed by atoms with Gasteiger partial charge in [-0.2, -0.15) is 0 Å². The van der Waals surface area contributed by atoms with Crippen molar-refractivity contribution in [1.29, 1.82) is 0 Å². The minimum Gasteiger partial charge on any atom is -0.465 e. The normalized spacial score (nSPS) is 17.9. The first-order valence-corrected chi connectivity index (χ1v) is 5.85. The van der Waals surface area contributed by atoms with Crippen molar-refractivity contribution < 1.29 is 17.9 Å². The van der Waals surface area contributed by atoms with Crippen molar-refractivity contribution >= 4 is 15.8 Å². The molecule has 0 unspecified atom stereocenters. The van der Waals surface area contributed by atoms with Gasteiger partial charge in [-0.3, -0.25) is 4.79 Å². The highest BCUT2D eigenvalue weighted by Crippen LogP contribution is 2.07. The maximum atomic E-state index is 11.4. The second-order valence-corrected chi connectivity index (χ2v) is 5.17. The van der Waals surface area contributed by atoms with E-state index in [0.717, 1.165) is 0 Å². The van der Waals surface area contributed by atoms with E-state index in [9.17, 15) is 13.2 Å². The summed E-state index contributed by atoms with van der Waals surface area (Å²) in [4.78, 5) is 10.9. The molecule has 0 radical (unpaired) electrons. The summed E-state index contributed by atoms with van der Waals surface area (Å²) in [5.41, 5.74) is 0. The summed E-state index contributed by atoms with van der Waals surface area (Å²) >= 11 is 0. The molecule has 0 amide bonds. The van der Waals surface area contributed by atoms with Crippen LogP contribution in [0.4, 0.5) is 0 Å². The third-order valence-electron chi connectivity index (χ3n) is 1.88. The van der Waals surface area contributed by atoms with Crippen LogP contribution in [-0.4, -0.2) is 45.1 Å². The number of nitrogens with one attached hydrogen (secondary N) is 1. The number of carbonyl (C=O) groups is 1. The molecule has 0 saturated carbocycles. The molecule has 1 N–H and O–H groups in total. The van der Waals surface area contributed by atoms with Crippen molar-refractivity contribution in [2.24, 2.45) is 0 Å². The largest absolute Gasteiger partial charge is 0.465 e. The van der Waals surface area contributed by atoms with Crippen LogP contribution in [0.25, 0.3) is 0 Å². The van der Waals surface area contributed by atoms with Gasteiger partial charge in [0.1, 0.15) is 5.75 Å². The highest BCUT2D eigenvalue weighted by atomic mass is 32.2. The van der Waals surface area contributed by atoms with Crippen molar-refractivity contribution in [1.82, 2.24) is 5.32 Å². The monoisotopic (exact) mass is 207 g/mol. The standard InChI is InChI=1S/C7H13NO4S/c1-2-12-7(9)5-13(10,11)6-3-8-4-6/h6,8H,2-5H2,1H3. The third kappa shape index (κ3) is 2.67. The van der Waals surface area contributed by atoms with Crippen molar-refractivity contribution in [3.05, 3.63) is 0 Å². The summed E-state index contributed by atoms with van der Waals surface area (Å²) in [6.07, 6.45) is 0. The van der Waals surface area contributed by atoms with Crippen LogP contribution in [0.1, 0.15) is 6.92 Å². The Labute approximate surface area is 77.4 Å². The molecule has 1 fully saturated rings. The van der Waals surface area contributed by atoms with E-state index in [1.165, 1.54) is 0 Å². The van der Waals surface area contributed by atoms with Crippen LogP contribution in [0.2, 0.25) is 0 Å². The highest BCUT2D eigenvalue weighted by molar-refractivity contribution is 7.92. The lowest BCUT2D eigenvalue weighted by Crippen LogP contribution is -2.52. The Morgan fingerprint density at radius 3 is 2.54 bits per heavy atom. The molecule has 0 aromatic rings. The molecule has 76 valence electrons. The van der Waals surface area contributed by atoms with Gasteiger partial charge in [0.25, 0.3) is 0 Å². The smallest absolute Gasteiger partial charge is 0.321 e. The van der Waals surface area contributed by atoms with E-state index >= 15 is 0 Å².